The van der Waals surface area contributed by atoms with Crippen LogP contribution in [0.25, 0.3) is 0 Å². The lowest BCUT2D eigenvalue weighted by Gasteiger charge is -2.28. The molecule has 0 saturated heterocycles. The molecule has 0 N–H and O–H groups in total. The van der Waals surface area contributed by atoms with E-state index in [-0.39, 0.29) is 0 Å². The number of hydrogen-bond acceptors (Lipinski definition) is 0. The standard InChI is InChI=1S/C16H36P.C4H11P.2BF4/c1-5-9-13-17(14-10-6-2,15-11-7-3)16-12-8-4;1-2-3-4-5;2*2-1(3,4)5/h5-16H2,1-4H3;2-5H2,1H3;;/q+1;;2*-1/p+1. The molecule has 12 heteroatoms. The van der Waals surface area contributed by atoms with Gasteiger partial charge in [0.2, 0.25) is 0 Å². The van der Waals surface area contributed by atoms with Crippen LogP contribution in [-0.4, -0.2) is 45.3 Å². The Labute approximate surface area is 195 Å². The first-order valence-corrected chi connectivity index (χ1v) is 15.6. The minimum absolute atomic E-state index is 0.562. The summed E-state index contributed by atoms with van der Waals surface area (Å²) >= 11 is 0. The molecule has 200 valence electrons. The van der Waals surface area contributed by atoms with Crippen molar-refractivity contribution in [2.24, 2.45) is 0 Å². The maximum absolute atomic E-state index is 9.75. The monoisotopic (exact) mass is 524 g/mol. The van der Waals surface area contributed by atoms with Crippen LogP contribution in [0.3, 0.4) is 0 Å². The zero-order chi connectivity index (χ0) is 26.1. The molecule has 32 heavy (non-hydrogen) atoms. The molecule has 0 spiro atoms. The first-order valence-electron chi connectivity index (χ1n) is 12.0. The molecule has 0 saturated carbocycles. The van der Waals surface area contributed by atoms with Crippen molar-refractivity contribution in [2.45, 2.75) is 98.8 Å². The van der Waals surface area contributed by atoms with Crippen LogP contribution in [0.1, 0.15) is 98.8 Å². The fourth-order valence-corrected chi connectivity index (χ4v) is 8.68. The first-order chi connectivity index (χ1) is 14.7. The summed E-state index contributed by atoms with van der Waals surface area (Å²) in [6.07, 6.45) is 22.1. The summed E-state index contributed by atoms with van der Waals surface area (Å²) < 4.78 is 78.0. The van der Waals surface area contributed by atoms with E-state index in [0.29, 0.717) is 0 Å². The molecule has 0 amide bonds. The third-order valence-corrected chi connectivity index (χ3v) is 10.1. The number of unbranched alkanes of at least 4 members (excludes halogenated alkanes) is 5. The van der Waals surface area contributed by atoms with E-state index < -0.39 is 21.8 Å². The van der Waals surface area contributed by atoms with Gasteiger partial charge in [0.15, 0.2) is 0 Å². The fraction of sp³-hybridized carbons (Fsp3) is 1.00. The Morgan fingerprint density at radius 1 is 0.469 bits per heavy atom. The molecular weight excluding hydrogens is 476 g/mol. The topological polar surface area (TPSA) is 0 Å². The summed E-state index contributed by atoms with van der Waals surface area (Å²) in [7, 11) is -10.5. The van der Waals surface area contributed by atoms with Crippen molar-refractivity contribution in [3.63, 3.8) is 0 Å². The quantitative estimate of drug-likeness (QED) is 0.121. The van der Waals surface area contributed by atoms with Crippen molar-refractivity contribution >= 4 is 31.0 Å². The van der Waals surface area contributed by atoms with E-state index >= 15 is 0 Å². The molecule has 0 heterocycles. The summed E-state index contributed by atoms with van der Waals surface area (Å²) in [5, 5.41) is 0. The molecule has 0 aromatic heterocycles. The summed E-state index contributed by atoms with van der Waals surface area (Å²) in [6, 6.07) is 0. The van der Waals surface area contributed by atoms with E-state index in [1.807, 2.05) is 9.24 Å². The smallest absolute Gasteiger partial charge is 0.418 e. The predicted octanol–water partition coefficient (Wildman–Crippen LogP) is 10.2. The molecule has 0 aromatic rings. The molecule has 0 aromatic carbocycles. The Balaban J connectivity index is -0.000000212. The highest BCUT2D eigenvalue weighted by molar-refractivity contribution is 7.75. The molecule has 0 nitrogen and oxygen atoms in total. The Morgan fingerprint density at radius 2 is 0.656 bits per heavy atom. The van der Waals surface area contributed by atoms with Crippen molar-refractivity contribution in [3.8, 4) is 0 Å². The predicted molar refractivity (Wildman–Crippen MR) is 137 cm³/mol. The lowest BCUT2D eigenvalue weighted by Crippen LogP contribution is -2.12. The van der Waals surface area contributed by atoms with Crippen LogP contribution in [0.4, 0.5) is 34.5 Å². The van der Waals surface area contributed by atoms with Crippen molar-refractivity contribution in [1.29, 1.82) is 0 Å². The second-order valence-corrected chi connectivity index (χ2v) is 13.0. The highest BCUT2D eigenvalue weighted by atomic mass is 31.2. The van der Waals surface area contributed by atoms with Crippen LogP contribution in [0.5, 0.6) is 0 Å². The van der Waals surface area contributed by atoms with Crippen LogP contribution in [0.15, 0.2) is 0 Å². The van der Waals surface area contributed by atoms with Gasteiger partial charge in [0.1, 0.15) is 0 Å². The largest absolute Gasteiger partial charge is 0.673 e. The third kappa shape index (κ3) is 52.4. The van der Waals surface area contributed by atoms with Crippen LogP contribution >= 0.6 is 16.5 Å². The van der Waals surface area contributed by atoms with E-state index in [9.17, 15) is 34.5 Å². The molecule has 0 rings (SSSR count). The number of halogens is 8. The van der Waals surface area contributed by atoms with E-state index in [1.54, 1.807) is 24.6 Å². The highest BCUT2D eigenvalue weighted by Crippen LogP contribution is 2.61. The summed E-state index contributed by atoms with van der Waals surface area (Å²) in [5.41, 5.74) is 0. The Hall–Kier alpha value is 0.430. The Kier molecular flexibility index (Phi) is 32.3. The van der Waals surface area contributed by atoms with Crippen LogP contribution in [0, 0.1) is 0 Å². The van der Waals surface area contributed by atoms with Gasteiger partial charge in [0, 0.05) is 7.26 Å². The van der Waals surface area contributed by atoms with Crippen molar-refractivity contribution in [2.75, 3.05) is 30.8 Å². The van der Waals surface area contributed by atoms with E-state index in [1.165, 1.54) is 70.4 Å². The van der Waals surface area contributed by atoms with Gasteiger partial charge in [-0.1, -0.05) is 66.7 Å². The van der Waals surface area contributed by atoms with E-state index in [0.717, 1.165) is 0 Å². The molecule has 1 unspecified atom stereocenters. The molecule has 0 fully saturated rings. The second-order valence-electron chi connectivity index (χ2n) is 7.85. The van der Waals surface area contributed by atoms with Gasteiger partial charge in [0.25, 0.3) is 0 Å². The Bertz CT molecular complexity index is 294. The van der Waals surface area contributed by atoms with Gasteiger partial charge in [-0.05, 0) is 41.3 Å². The fourth-order valence-electron chi connectivity index (χ4n) is 2.89. The third-order valence-electron chi connectivity index (χ3n) is 4.55. The van der Waals surface area contributed by atoms with Gasteiger partial charge < -0.3 is 34.5 Å². The van der Waals surface area contributed by atoms with Crippen molar-refractivity contribution < 1.29 is 34.5 Å². The minimum Gasteiger partial charge on any atom is -0.418 e. The van der Waals surface area contributed by atoms with Crippen LogP contribution in [-0.2, 0) is 0 Å². The molecular formula is C20H48B2F8P2. The summed E-state index contributed by atoms with van der Waals surface area (Å²) in [6.45, 7) is 11.6. The van der Waals surface area contributed by atoms with Gasteiger partial charge in [0.05, 0.1) is 30.8 Å². The maximum atomic E-state index is 9.75. The first kappa shape index (κ1) is 39.6. The molecule has 1 atom stereocenters. The summed E-state index contributed by atoms with van der Waals surface area (Å²) in [4.78, 5) is 0. The molecule has 0 aliphatic rings. The van der Waals surface area contributed by atoms with Crippen molar-refractivity contribution in [3.05, 3.63) is 0 Å². The normalized spacial score (nSPS) is 11.5. The lowest BCUT2D eigenvalue weighted by molar-refractivity contribution is 0.366. The van der Waals surface area contributed by atoms with E-state index in [2.05, 4.69) is 34.6 Å². The second kappa shape index (κ2) is 26.0. The summed E-state index contributed by atoms with van der Waals surface area (Å²) in [5.74, 6) is 0. The SMILES string of the molecule is CCCC[P+](CCCC)(CCCC)CCCC.CCCC[PH3+].F[B-](F)(F)F.F[B-](F)(F)F. The van der Waals surface area contributed by atoms with E-state index in [4.69, 9.17) is 0 Å². The van der Waals surface area contributed by atoms with Gasteiger partial charge in [-0.3, -0.25) is 0 Å². The zero-order valence-corrected chi connectivity index (χ0v) is 23.2. The van der Waals surface area contributed by atoms with Gasteiger partial charge in [-0.25, -0.2) is 0 Å². The average Bonchev–Trinajstić information content (AvgIpc) is 2.65. The highest BCUT2D eigenvalue weighted by Gasteiger charge is 2.34. The zero-order valence-electron chi connectivity index (χ0n) is 20.9. The van der Waals surface area contributed by atoms with Crippen LogP contribution < -0.4 is 0 Å². The van der Waals surface area contributed by atoms with Gasteiger partial charge in [-0.2, -0.15) is 0 Å². The van der Waals surface area contributed by atoms with Crippen molar-refractivity contribution in [1.82, 2.24) is 0 Å². The van der Waals surface area contributed by atoms with Crippen LogP contribution in [0.2, 0.25) is 0 Å². The molecule has 0 bridgehead atoms. The molecule has 0 aliphatic carbocycles. The minimum atomic E-state index is -6.00. The van der Waals surface area contributed by atoms with Gasteiger partial charge in [-0.15, -0.1) is 0 Å². The number of hydrogen-bond donors (Lipinski definition) is 0. The van der Waals surface area contributed by atoms with Gasteiger partial charge >= 0.3 is 14.5 Å². The molecule has 0 aliphatic heterocycles. The Morgan fingerprint density at radius 3 is 0.750 bits per heavy atom. The number of rotatable bonds is 14. The maximum Gasteiger partial charge on any atom is 0.673 e. The average molecular weight is 524 g/mol. The lowest BCUT2D eigenvalue weighted by atomic mass is 10.3. The molecule has 0 radical (unpaired) electrons.